The molecule has 0 heterocycles. The molecule has 0 fully saturated rings. The molecule has 0 aliphatic rings. The van der Waals surface area contributed by atoms with Crippen molar-refractivity contribution in [2.45, 2.75) is 6.10 Å². The largest absolute Gasteiger partial charge is 0.489 e. The van der Waals surface area contributed by atoms with Gasteiger partial charge in [0, 0.05) is 25.7 Å². The van der Waals surface area contributed by atoms with Gasteiger partial charge in [-0.1, -0.05) is 23.2 Å². The van der Waals surface area contributed by atoms with Gasteiger partial charge in [0.05, 0.1) is 5.02 Å². The minimum atomic E-state index is -0.607. The summed E-state index contributed by atoms with van der Waals surface area (Å²) in [6.07, 6.45) is -0.607. The van der Waals surface area contributed by atoms with Gasteiger partial charge in [-0.25, -0.2) is 0 Å². The molecule has 0 bridgehead atoms. The maximum atomic E-state index is 9.62. The van der Waals surface area contributed by atoms with E-state index in [1.807, 2.05) is 14.1 Å². The van der Waals surface area contributed by atoms with E-state index in [4.69, 9.17) is 27.9 Å². The first kappa shape index (κ1) is 14.5. The minimum absolute atomic E-state index is 0.169. The number of hydrogen-bond acceptors (Lipinski definition) is 4. The average molecular weight is 279 g/mol. The summed E-state index contributed by atoms with van der Waals surface area (Å²) in [4.78, 5) is 0. The highest BCUT2D eigenvalue weighted by atomic mass is 35.5. The summed E-state index contributed by atoms with van der Waals surface area (Å²) in [7, 11) is 3.70. The van der Waals surface area contributed by atoms with Crippen molar-refractivity contribution in [3.63, 3.8) is 0 Å². The molecule has 1 atom stereocenters. The van der Waals surface area contributed by atoms with Gasteiger partial charge in [0.2, 0.25) is 0 Å². The maximum absolute atomic E-state index is 9.62. The molecular weight excluding hydrogens is 263 g/mol. The number of nitrogens with zero attached hydrogens (tertiary/aromatic N) is 1. The van der Waals surface area contributed by atoms with E-state index in [0.717, 1.165) is 0 Å². The Balaban J connectivity index is 2.39. The van der Waals surface area contributed by atoms with Crippen LogP contribution in [-0.2, 0) is 0 Å². The Morgan fingerprint density at radius 1 is 1.41 bits per heavy atom. The summed E-state index contributed by atoms with van der Waals surface area (Å²) < 4.78 is 5.39. The van der Waals surface area contributed by atoms with E-state index in [1.165, 1.54) is 0 Å². The Morgan fingerprint density at radius 3 is 2.71 bits per heavy atom. The topological polar surface area (TPSA) is 44.7 Å². The first-order chi connectivity index (χ1) is 7.99. The summed E-state index contributed by atoms with van der Waals surface area (Å²) in [5, 5.41) is 12.4. The lowest BCUT2D eigenvalue weighted by Gasteiger charge is -2.17. The summed E-state index contributed by atoms with van der Waals surface area (Å²) in [5.41, 5.74) is 2.95. The highest BCUT2D eigenvalue weighted by Crippen LogP contribution is 2.27. The smallest absolute Gasteiger partial charge is 0.138 e. The maximum Gasteiger partial charge on any atom is 0.138 e. The molecule has 0 saturated heterocycles. The van der Waals surface area contributed by atoms with Crippen LogP contribution in [0.15, 0.2) is 18.2 Å². The van der Waals surface area contributed by atoms with Crippen molar-refractivity contribution in [2.24, 2.45) is 0 Å². The van der Waals surface area contributed by atoms with E-state index in [0.29, 0.717) is 22.3 Å². The molecule has 2 N–H and O–H groups in total. The number of ether oxygens (including phenoxy) is 1. The Kier molecular flexibility index (Phi) is 6.02. The fraction of sp³-hybridized carbons (Fsp3) is 0.455. The van der Waals surface area contributed by atoms with E-state index >= 15 is 0 Å². The lowest BCUT2D eigenvalue weighted by Crippen LogP contribution is -2.39. The van der Waals surface area contributed by atoms with Crippen LogP contribution in [0.25, 0.3) is 0 Å². The van der Waals surface area contributed by atoms with Gasteiger partial charge in [0.15, 0.2) is 0 Å². The van der Waals surface area contributed by atoms with Crippen LogP contribution >= 0.6 is 23.2 Å². The highest BCUT2D eigenvalue weighted by molar-refractivity contribution is 6.35. The zero-order valence-electron chi connectivity index (χ0n) is 9.78. The second kappa shape index (κ2) is 7.03. The van der Waals surface area contributed by atoms with Gasteiger partial charge in [0.25, 0.3) is 0 Å². The molecule has 1 unspecified atom stereocenters. The van der Waals surface area contributed by atoms with E-state index in [2.05, 4.69) is 5.43 Å². The number of rotatable bonds is 6. The minimum Gasteiger partial charge on any atom is -0.489 e. The number of nitrogens with one attached hydrogen (secondary N) is 1. The molecule has 0 aliphatic carbocycles. The van der Waals surface area contributed by atoms with Crippen LogP contribution in [0.3, 0.4) is 0 Å². The number of hydrogen-bond donors (Lipinski definition) is 2. The highest BCUT2D eigenvalue weighted by Gasteiger charge is 2.07. The first-order valence-electron chi connectivity index (χ1n) is 5.16. The van der Waals surface area contributed by atoms with E-state index in [9.17, 15) is 5.11 Å². The molecule has 4 nitrogen and oxygen atoms in total. The van der Waals surface area contributed by atoms with Gasteiger partial charge in [-0.15, -0.1) is 0 Å². The monoisotopic (exact) mass is 278 g/mol. The summed E-state index contributed by atoms with van der Waals surface area (Å²) in [5.74, 6) is 0.514. The van der Waals surface area contributed by atoms with Crippen LogP contribution < -0.4 is 10.2 Å². The summed E-state index contributed by atoms with van der Waals surface area (Å²) >= 11 is 11.7. The molecule has 0 amide bonds. The second-order valence-electron chi connectivity index (χ2n) is 3.80. The Bertz CT molecular complexity index is 361. The predicted octanol–water partition coefficient (Wildman–Crippen LogP) is 1.80. The average Bonchev–Trinajstić information content (AvgIpc) is 2.25. The van der Waals surface area contributed by atoms with Crippen LogP contribution in [0.1, 0.15) is 0 Å². The van der Waals surface area contributed by atoms with Crippen LogP contribution in [0.5, 0.6) is 5.75 Å². The van der Waals surface area contributed by atoms with E-state index < -0.39 is 6.10 Å². The first-order valence-corrected chi connectivity index (χ1v) is 5.91. The van der Waals surface area contributed by atoms with Crippen molar-refractivity contribution in [3.05, 3.63) is 28.2 Å². The van der Waals surface area contributed by atoms with Gasteiger partial charge >= 0.3 is 0 Å². The second-order valence-corrected chi connectivity index (χ2v) is 4.64. The number of aliphatic hydroxyl groups is 1. The number of halogens is 2. The molecule has 0 radical (unpaired) electrons. The van der Waals surface area contributed by atoms with Gasteiger partial charge < -0.3 is 9.84 Å². The third-order valence-corrected chi connectivity index (χ3v) is 2.50. The molecule has 0 spiro atoms. The molecule has 1 aromatic rings. The van der Waals surface area contributed by atoms with Crippen molar-refractivity contribution >= 4 is 23.2 Å². The van der Waals surface area contributed by atoms with Crippen molar-refractivity contribution in [1.29, 1.82) is 0 Å². The lowest BCUT2D eigenvalue weighted by molar-refractivity contribution is 0.0885. The molecule has 0 saturated carbocycles. The van der Waals surface area contributed by atoms with Gasteiger partial charge in [0.1, 0.15) is 18.5 Å². The molecule has 1 rings (SSSR count). The third-order valence-electron chi connectivity index (χ3n) is 1.97. The van der Waals surface area contributed by atoms with Crippen molar-refractivity contribution in [3.8, 4) is 5.75 Å². The fourth-order valence-electron chi connectivity index (χ4n) is 1.13. The number of hydrazine groups is 1. The van der Waals surface area contributed by atoms with Gasteiger partial charge in [-0.05, 0) is 18.2 Å². The molecule has 6 heteroatoms. The zero-order valence-corrected chi connectivity index (χ0v) is 11.3. The molecule has 17 heavy (non-hydrogen) atoms. The van der Waals surface area contributed by atoms with E-state index in [-0.39, 0.29) is 6.61 Å². The van der Waals surface area contributed by atoms with Crippen LogP contribution in [0.4, 0.5) is 0 Å². The van der Waals surface area contributed by atoms with Gasteiger partial charge in [-0.3, -0.25) is 10.4 Å². The molecule has 96 valence electrons. The Labute approximate surface area is 111 Å². The molecule has 0 aliphatic heterocycles. The number of benzene rings is 1. The summed E-state index contributed by atoms with van der Waals surface area (Å²) in [6.45, 7) is 0.584. The molecular formula is C11H16Cl2N2O2. The predicted molar refractivity (Wildman–Crippen MR) is 69.7 cm³/mol. The Morgan fingerprint density at radius 2 is 2.12 bits per heavy atom. The zero-order chi connectivity index (χ0) is 12.8. The standard InChI is InChI=1S/C11H16Cl2N2O2/c1-15(2)14-6-9(16)7-17-11-4-3-8(12)5-10(11)13/h3-5,9,14,16H,6-7H2,1-2H3. The third kappa shape index (κ3) is 5.57. The van der Waals surface area contributed by atoms with Gasteiger partial charge in [-0.2, -0.15) is 0 Å². The van der Waals surface area contributed by atoms with Crippen molar-refractivity contribution in [1.82, 2.24) is 10.4 Å². The fourth-order valence-corrected chi connectivity index (χ4v) is 1.59. The Hall–Kier alpha value is -0.520. The van der Waals surface area contributed by atoms with Crippen LogP contribution in [0.2, 0.25) is 10.0 Å². The van der Waals surface area contributed by atoms with Crippen LogP contribution in [0, 0.1) is 0 Å². The van der Waals surface area contributed by atoms with Crippen LogP contribution in [-0.4, -0.2) is 43.5 Å². The normalized spacial score (nSPS) is 12.8. The van der Waals surface area contributed by atoms with Crippen molar-refractivity contribution < 1.29 is 9.84 Å². The SMILES string of the molecule is CN(C)NCC(O)COc1ccc(Cl)cc1Cl. The van der Waals surface area contributed by atoms with Crippen molar-refractivity contribution in [2.75, 3.05) is 27.2 Å². The molecule has 0 aromatic heterocycles. The molecule has 1 aromatic carbocycles. The summed E-state index contributed by atoms with van der Waals surface area (Å²) in [6, 6.07) is 4.97. The lowest BCUT2D eigenvalue weighted by atomic mass is 10.3. The number of aliphatic hydroxyl groups excluding tert-OH is 1. The quantitative estimate of drug-likeness (QED) is 0.779. The van der Waals surface area contributed by atoms with E-state index in [1.54, 1.807) is 23.2 Å².